The molecule has 3 heterocycles. The van der Waals surface area contributed by atoms with Gasteiger partial charge in [-0.2, -0.15) is 5.10 Å². The Kier molecular flexibility index (Phi) is 4.24. The summed E-state index contributed by atoms with van der Waals surface area (Å²) in [6, 6.07) is 8.47. The molecule has 2 aromatic heterocycles. The van der Waals surface area contributed by atoms with Gasteiger partial charge in [0.15, 0.2) is 0 Å². The first-order valence-electron chi connectivity index (χ1n) is 9.00. The fraction of sp³-hybridized carbons (Fsp3) is 0.421. The van der Waals surface area contributed by atoms with Gasteiger partial charge in [0.1, 0.15) is 23.6 Å². The Morgan fingerprint density at radius 2 is 2.12 bits per heavy atom. The molecular formula is C19H24N6O. The number of hydrogen-bond donors (Lipinski definition) is 2. The number of hydrogen-bond acceptors (Lipinski definition) is 6. The van der Waals surface area contributed by atoms with Crippen LogP contribution in [-0.4, -0.2) is 44.9 Å². The van der Waals surface area contributed by atoms with E-state index in [1.807, 2.05) is 38.1 Å². The SMILES string of the molecule is CC(C)Oc1ccc2[nH]nc(-c3cc(N4C[C@H](N)CC4C)ncn3)c2c1. The number of rotatable bonds is 4. The number of aromatic nitrogens is 4. The summed E-state index contributed by atoms with van der Waals surface area (Å²) < 4.78 is 5.82. The molecule has 3 aromatic rings. The average Bonchev–Trinajstić information content (AvgIpc) is 3.17. The van der Waals surface area contributed by atoms with Crippen LogP contribution in [0.3, 0.4) is 0 Å². The minimum atomic E-state index is 0.120. The van der Waals surface area contributed by atoms with Crippen LogP contribution in [0, 0.1) is 0 Å². The van der Waals surface area contributed by atoms with Crippen LogP contribution in [-0.2, 0) is 0 Å². The third kappa shape index (κ3) is 3.10. The van der Waals surface area contributed by atoms with E-state index in [9.17, 15) is 0 Å². The lowest BCUT2D eigenvalue weighted by atomic mass is 10.1. The lowest BCUT2D eigenvalue weighted by Gasteiger charge is -2.22. The van der Waals surface area contributed by atoms with Crippen molar-refractivity contribution in [2.45, 2.75) is 45.4 Å². The van der Waals surface area contributed by atoms with E-state index < -0.39 is 0 Å². The smallest absolute Gasteiger partial charge is 0.132 e. The highest BCUT2D eigenvalue weighted by Gasteiger charge is 2.28. The van der Waals surface area contributed by atoms with E-state index in [1.165, 1.54) is 0 Å². The molecule has 0 bridgehead atoms. The number of H-pyrrole nitrogens is 1. The lowest BCUT2D eigenvalue weighted by molar-refractivity contribution is 0.243. The topological polar surface area (TPSA) is 93.0 Å². The molecule has 0 radical (unpaired) electrons. The molecule has 0 amide bonds. The van der Waals surface area contributed by atoms with E-state index in [1.54, 1.807) is 6.33 Å². The molecular weight excluding hydrogens is 328 g/mol. The van der Waals surface area contributed by atoms with Gasteiger partial charge in [-0.25, -0.2) is 9.97 Å². The van der Waals surface area contributed by atoms with Gasteiger partial charge in [0, 0.05) is 30.1 Å². The molecule has 0 spiro atoms. The number of nitrogens with one attached hydrogen (secondary N) is 1. The first-order chi connectivity index (χ1) is 12.5. The summed E-state index contributed by atoms with van der Waals surface area (Å²) in [4.78, 5) is 11.1. The fourth-order valence-corrected chi connectivity index (χ4v) is 3.56. The number of anilines is 1. The summed E-state index contributed by atoms with van der Waals surface area (Å²) >= 11 is 0. The second-order valence-corrected chi connectivity index (χ2v) is 7.20. The first kappa shape index (κ1) is 16.8. The van der Waals surface area contributed by atoms with E-state index in [2.05, 4.69) is 32.0 Å². The van der Waals surface area contributed by atoms with Crippen molar-refractivity contribution >= 4 is 16.7 Å². The van der Waals surface area contributed by atoms with Gasteiger partial charge in [0.2, 0.25) is 0 Å². The molecule has 7 nitrogen and oxygen atoms in total. The molecule has 4 rings (SSSR count). The molecule has 3 N–H and O–H groups in total. The van der Waals surface area contributed by atoms with Gasteiger partial charge in [-0.05, 0) is 45.4 Å². The molecule has 136 valence electrons. The number of nitrogens with zero attached hydrogens (tertiary/aromatic N) is 4. The third-order valence-electron chi connectivity index (χ3n) is 4.70. The molecule has 26 heavy (non-hydrogen) atoms. The number of fused-ring (bicyclic) bond motifs is 1. The van der Waals surface area contributed by atoms with Crippen molar-refractivity contribution in [3.63, 3.8) is 0 Å². The monoisotopic (exact) mass is 352 g/mol. The van der Waals surface area contributed by atoms with Crippen LogP contribution in [0.25, 0.3) is 22.3 Å². The quantitative estimate of drug-likeness (QED) is 0.750. The molecule has 0 saturated carbocycles. The first-order valence-corrected chi connectivity index (χ1v) is 9.00. The third-order valence-corrected chi connectivity index (χ3v) is 4.70. The fourth-order valence-electron chi connectivity index (χ4n) is 3.56. The molecule has 1 saturated heterocycles. The summed E-state index contributed by atoms with van der Waals surface area (Å²) in [5, 5.41) is 8.53. The molecule has 1 aromatic carbocycles. The van der Waals surface area contributed by atoms with Crippen molar-refractivity contribution in [3.8, 4) is 17.1 Å². The maximum Gasteiger partial charge on any atom is 0.132 e. The Hall–Kier alpha value is -2.67. The molecule has 1 unspecified atom stereocenters. The van der Waals surface area contributed by atoms with Crippen molar-refractivity contribution in [1.82, 2.24) is 20.2 Å². The zero-order chi connectivity index (χ0) is 18.3. The Balaban J connectivity index is 1.72. The van der Waals surface area contributed by atoms with Crippen LogP contribution in [0.15, 0.2) is 30.6 Å². The number of nitrogens with two attached hydrogens (primary N) is 1. The van der Waals surface area contributed by atoms with Crippen LogP contribution < -0.4 is 15.4 Å². The van der Waals surface area contributed by atoms with Crippen LogP contribution in [0.2, 0.25) is 0 Å². The van der Waals surface area contributed by atoms with Crippen molar-refractivity contribution in [3.05, 3.63) is 30.6 Å². The molecule has 0 aliphatic carbocycles. The van der Waals surface area contributed by atoms with Gasteiger partial charge in [0.05, 0.1) is 17.3 Å². The van der Waals surface area contributed by atoms with E-state index in [4.69, 9.17) is 10.5 Å². The summed E-state index contributed by atoms with van der Waals surface area (Å²) in [5.41, 5.74) is 8.64. The minimum absolute atomic E-state index is 0.120. The van der Waals surface area contributed by atoms with Gasteiger partial charge in [0.25, 0.3) is 0 Å². The zero-order valence-electron chi connectivity index (χ0n) is 15.3. The summed E-state index contributed by atoms with van der Waals surface area (Å²) in [5.74, 6) is 1.71. The molecule has 2 atom stereocenters. The normalized spacial score (nSPS) is 20.3. The van der Waals surface area contributed by atoms with Crippen LogP contribution in [0.5, 0.6) is 5.75 Å². The second-order valence-electron chi connectivity index (χ2n) is 7.20. The van der Waals surface area contributed by atoms with Gasteiger partial charge in [-0.1, -0.05) is 0 Å². The predicted octanol–water partition coefficient (Wildman–Crippen LogP) is 2.73. The number of ether oxygens (including phenoxy) is 1. The van der Waals surface area contributed by atoms with Crippen molar-refractivity contribution in [2.75, 3.05) is 11.4 Å². The zero-order valence-corrected chi connectivity index (χ0v) is 15.3. The summed E-state index contributed by atoms with van der Waals surface area (Å²) in [7, 11) is 0. The van der Waals surface area contributed by atoms with E-state index in [-0.39, 0.29) is 12.1 Å². The van der Waals surface area contributed by atoms with Crippen molar-refractivity contribution in [2.24, 2.45) is 5.73 Å². The maximum absolute atomic E-state index is 6.10. The lowest BCUT2D eigenvalue weighted by Crippen LogP contribution is -2.29. The van der Waals surface area contributed by atoms with Gasteiger partial charge >= 0.3 is 0 Å². The Labute approximate surface area is 152 Å². The highest BCUT2D eigenvalue weighted by Crippen LogP contribution is 2.31. The summed E-state index contributed by atoms with van der Waals surface area (Å²) in [6.07, 6.45) is 2.69. The molecule has 1 aliphatic heterocycles. The van der Waals surface area contributed by atoms with Gasteiger partial charge in [-0.15, -0.1) is 0 Å². The van der Waals surface area contributed by atoms with Crippen molar-refractivity contribution in [1.29, 1.82) is 0 Å². The van der Waals surface area contributed by atoms with Crippen LogP contribution in [0.4, 0.5) is 5.82 Å². The molecule has 1 fully saturated rings. The molecule has 7 heteroatoms. The predicted molar refractivity (Wildman–Crippen MR) is 102 cm³/mol. The largest absolute Gasteiger partial charge is 0.491 e. The standard InChI is InChI=1S/C19H24N6O/c1-11(2)26-14-4-5-16-15(7-14)19(24-23-16)17-8-18(22-10-21-17)25-9-13(20)6-12(25)3/h4-5,7-8,10-13H,6,9,20H2,1-3H3,(H,23,24)/t12?,13-/m1/s1. The number of aromatic amines is 1. The Morgan fingerprint density at radius 1 is 1.27 bits per heavy atom. The number of benzene rings is 1. The van der Waals surface area contributed by atoms with Crippen LogP contribution >= 0.6 is 0 Å². The highest BCUT2D eigenvalue weighted by molar-refractivity contribution is 5.93. The maximum atomic E-state index is 6.10. The van der Waals surface area contributed by atoms with Crippen LogP contribution in [0.1, 0.15) is 27.2 Å². The molecule has 1 aliphatic rings. The highest BCUT2D eigenvalue weighted by atomic mass is 16.5. The average molecular weight is 352 g/mol. The van der Waals surface area contributed by atoms with Gasteiger partial charge in [-0.3, -0.25) is 5.10 Å². The van der Waals surface area contributed by atoms with E-state index in [0.29, 0.717) is 6.04 Å². The van der Waals surface area contributed by atoms with E-state index >= 15 is 0 Å². The minimum Gasteiger partial charge on any atom is -0.491 e. The summed E-state index contributed by atoms with van der Waals surface area (Å²) in [6.45, 7) is 7.01. The van der Waals surface area contributed by atoms with Crippen molar-refractivity contribution < 1.29 is 4.74 Å². The van der Waals surface area contributed by atoms with Gasteiger partial charge < -0.3 is 15.4 Å². The van der Waals surface area contributed by atoms with E-state index in [0.717, 1.165) is 46.8 Å². The second kappa shape index (κ2) is 6.57. The Bertz CT molecular complexity index is 921. The Morgan fingerprint density at radius 3 is 2.85 bits per heavy atom.